The van der Waals surface area contributed by atoms with Gasteiger partial charge in [-0.3, -0.25) is 4.79 Å². The molecule has 0 spiro atoms. The summed E-state index contributed by atoms with van der Waals surface area (Å²) in [5, 5.41) is 11.5. The molecule has 0 unspecified atom stereocenters. The van der Waals surface area contributed by atoms with Crippen LogP contribution in [0, 0.1) is 11.3 Å². The van der Waals surface area contributed by atoms with Crippen LogP contribution in [-0.2, 0) is 11.0 Å². The molecule has 0 aliphatic rings. The van der Waals surface area contributed by atoms with Crippen LogP contribution in [0.25, 0.3) is 6.08 Å². The van der Waals surface area contributed by atoms with Crippen molar-refractivity contribution >= 4 is 17.7 Å². The Balaban J connectivity index is 2.27. The summed E-state index contributed by atoms with van der Waals surface area (Å²) in [6.45, 7) is 0. The molecule has 1 amide bonds. The summed E-state index contributed by atoms with van der Waals surface area (Å²) in [6.07, 6.45) is -3.21. The smallest absolute Gasteiger partial charge is 0.416 e. The Bertz CT molecular complexity index is 852. The Kier molecular flexibility index (Phi) is 5.45. The van der Waals surface area contributed by atoms with Crippen molar-refractivity contribution in [3.05, 3.63) is 65.2 Å². The predicted octanol–water partition coefficient (Wildman–Crippen LogP) is 4.26. The van der Waals surface area contributed by atoms with Crippen molar-refractivity contribution in [2.24, 2.45) is 0 Å². The van der Waals surface area contributed by atoms with Gasteiger partial charge in [-0.05, 0) is 30.3 Å². The summed E-state index contributed by atoms with van der Waals surface area (Å²) < 4.78 is 43.3. The maximum absolute atomic E-state index is 12.7. The second-order valence-corrected chi connectivity index (χ2v) is 4.94. The van der Waals surface area contributed by atoms with Gasteiger partial charge in [0.2, 0.25) is 0 Å². The number of para-hydroxylation sites is 1. The highest BCUT2D eigenvalue weighted by molar-refractivity contribution is 6.09. The molecule has 0 heterocycles. The minimum Gasteiger partial charge on any atom is -0.496 e. The molecule has 0 bridgehead atoms. The molecule has 0 radical (unpaired) electrons. The van der Waals surface area contributed by atoms with Crippen molar-refractivity contribution in [1.29, 1.82) is 5.26 Å². The first-order chi connectivity index (χ1) is 11.8. The molecule has 0 aliphatic carbocycles. The number of nitrogens with zero attached hydrogens (tertiary/aromatic N) is 1. The van der Waals surface area contributed by atoms with Gasteiger partial charge in [0, 0.05) is 11.3 Å². The number of nitriles is 1. The molecular formula is C18H13F3N2O2. The molecule has 0 aliphatic heterocycles. The van der Waals surface area contributed by atoms with Gasteiger partial charge in [0.25, 0.3) is 5.91 Å². The lowest BCUT2D eigenvalue weighted by atomic mass is 10.1. The van der Waals surface area contributed by atoms with Gasteiger partial charge in [0.05, 0.1) is 12.7 Å². The maximum atomic E-state index is 12.7. The fourth-order valence-electron chi connectivity index (χ4n) is 2.06. The third-order valence-corrected chi connectivity index (χ3v) is 3.25. The standard InChI is InChI=1S/C18H13F3N2O2/c1-25-16-8-3-2-5-12(16)9-13(11-22)17(24)23-15-7-4-6-14(10-15)18(19,20)21/h2-10H,1H3,(H,23,24)/b13-9-. The number of carbonyl (C=O) groups excluding carboxylic acids is 1. The number of anilines is 1. The number of methoxy groups -OCH3 is 1. The fourth-order valence-corrected chi connectivity index (χ4v) is 2.06. The van der Waals surface area contributed by atoms with Gasteiger partial charge in [0.15, 0.2) is 0 Å². The van der Waals surface area contributed by atoms with E-state index in [4.69, 9.17) is 4.74 Å². The van der Waals surface area contributed by atoms with Crippen molar-refractivity contribution < 1.29 is 22.7 Å². The van der Waals surface area contributed by atoms with Crippen LogP contribution < -0.4 is 10.1 Å². The van der Waals surface area contributed by atoms with Crippen molar-refractivity contribution in [3.8, 4) is 11.8 Å². The number of amides is 1. The van der Waals surface area contributed by atoms with Gasteiger partial charge in [-0.15, -0.1) is 0 Å². The van der Waals surface area contributed by atoms with E-state index in [1.165, 1.54) is 25.3 Å². The zero-order chi connectivity index (χ0) is 18.4. The normalized spacial score (nSPS) is 11.6. The van der Waals surface area contributed by atoms with Crippen LogP contribution in [0.2, 0.25) is 0 Å². The summed E-state index contributed by atoms with van der Waals surface area (Å²) in [7, 11) is 1.45. The van der Waals surface area contributed by atoms with Crippen LogP contribution in [0.1, 0.15) is 11.1 Å². The van der Waals surface area contributed by atoms with Gasteiger partial charge in [-0.25, -0.2) is 0 Å². The molecule has 2 aromatic carbocycles. The van der Waals surface area contributed by atoms with Crippen molar-refractivity contribution in [1.82, 2.24) is 0 Å². The Morgan fingerprint density at radius 1 is 1.20 bits per heavy atom. The van der Waals surface area contributed by atoms with Crippen molar-refractivity contribution in [3.63, 3.8) is 0 Å². The molecule has 0 fully saturated rings. The van der Waals surface area contributed by atoms with E-state index in [9.17, 15) is 23.2 Å². The largest absolute Gasteiger partial charge is 0.496 e. The van der Waals surface area contributed by atoms with Crippen LogP contribution in [0.5, 0.6) is 5.75 Å². The van der Waals surface area contributed by atoms with E-state index in [2.05, 4.69) is 5.32 Å². The zero-order valence-corrected chi connectivity index (χ0v) is 13.1. The minimum absolute atomic E-state index is 0.0546. The first-order valence-electron chi connectivity index (χ1n) is 7.08. The molecule has 0 aromatic heterocycles. The summed E-state index contributed by atoms with van der Waals surface area (Å²) in [6, 6.07) is 12.7. The summed E-state index contributed by atoms with van der Waals surface area (Å²) in [5.74, 6) is -0.352. The zero-order valence-electron chi connectivity index (χ0n) is 13.1. The average molecular weight is 346 g/mol. The first kappa shape index (κ1) is 18.1. The Morgan fingerprint density at radius 2 is 1.92 bits per heavy atom. The Hall–Kier alpha value is -3.27. The molecule has 0 saturated carbocycles. The number of rotatable bonds is 4. The number of ether oxygens (including phenoxy) is 1. The Morgan fingerprint density at radius 3 is 2.56 bits per heavy atom. The number of halogens is 3. The predicted molar refractivity (Wildman–Crippen MR) is 86.7 cm³/mol. The van der Waals surface area contributed by atoms with Crippen LogP contribution in [0.4, 0.5) is 18.9 Å². The van der Waals surface area contributed by atoms with E-state index >= 15 is 0 Å². The van der Waals surface area contributed by atoms with Gasteiger partial charge < -0.3 is 10.1 Å². The number of hydrogen-bond acceptors (Lipinski definition) is 3. The topological polar surface area (TPSA) is 62.1 Å². The highest BCUT2D eigenvalue weighted by Crippen LogP contribution is 2.30. The number of hydrogen-bond donors (Lipinski definition) is 1. The third-order valence-electron chi connectivity index (χ3n) is 3.25. The summed E-state index contributed by atoms with van der Waals surface area (Å²) in [4.78, 5) is 12.2. The van der Waals surface area contributed by atoms with Crippen LogP contribution >= 0.6 is 0 Å². The molecule has 1 N–H and O–H groups in total. The van der Waals surface area contributed by atoms with Gasteiger partial charge in [-0.1, -0.05) is 24.3 Å². The van der Waals surface area contributed by atoms with E-state index in [1.54, 1.807) is 30.3 Å². The SMILES string of the molecule is COc1ccccc1/C=C(/C#N)C(=O)Nc1cccc(C(F)(F)F)c1. The van der Waals surface area contributed by atoms with Gasteiger partial charge in [0.1, 0.15) is 17.4 Å². The van der Waals surface area contributed by atoms with Gasteiger partial charge >= 0.3 is 6.18 Å². The molecule has 0 atom stereocenters. The molecule has 25 heavy (non-hydrogen) atoms. The monoisotopic (exact) mass is 346 g/mol. The van der Waals surface area contributed by atoms with Crippen LogP contribution in [-0.4, -0.2) is 13.0 Å². The molecule has 2 rings (SSSR count). The number of alkyl halides is 3. The lowest BCUT2D eigenvalue weighted by molar-refractivity contribution is -0.137. The molecule has 2 aromatic rings. The maximum Gasteiger partial charge on any atom is 0.416 e. The van der Waals surface area contributed by atoms with Crippen molar-refractivity contribution in [2.45, 2.75) is 6.18 Å². The van der Waals surface area contributed by atoms with Gasteiger partial charge in [-0.2, -0.15) is 18.4 Å². The summed E-state index contributed by atoms with van der Waals surface area (Å²) >= 11 is 0. The Labute approximate surface area is 142 Å². The summed E-state index contributed by atoms with van der Waals surface area (Å²) in [5.41, 5.74) is -0.707. The molecule has 4 nitrogen and oxygen atoms in total. The molecule has 0 saturated heterocycles. The third kappa shape index (κ3) is 4.61. The van der Waals surface area contributed by atoms with Crippen LogP contribution in [0.3, 0.4) is 0 Å². The number of carbonyl (C=O) groups is 1. The fraction of sp³-hybridized carbons (Fsp3) is 0.111. The average Bonchev–Trinajstić information content (AvgIpc) is 2.59. The lowest BCUT2D eigenvalue weighted by Crippen LogP contribution is -2.14. The van der Waals surface area contributed by atoms with E-state index in [-0.39, 0.29) is 11.3 Å². The molecular weight excluding hydrogens is 333 g/mol. The first-order valence-corrected chi connectivity index (χ1v) is 7.08. The molecule has 128 valence electrons. The highest BCUT2D eigenvalue weighted by atomic mass is 19.4. The lowest BCUT2D eigenvalue weighted by Gasteiger charge is -2.10. The number of nitrogens with one attached hydrogen (secondary N) is 1. The second-order valence-electron chi connectivity index (χ2n) is 4.94. The minimum atomic E-state index is -4.52. The van der Waals surface area contributed by atoms with E-state index in [0.717, 1.165) is 12.1 Å². The van der Waals surface area contributed by atoms with E-state index in [1.807, 2.05) is 0 Å². The van der Waals surface area contributed by atoms with E-state index in [0.29, 0.717) is 11.3 Å². The second kappa shape index (κ2) is 7.53. The van der Waals surface area contributed by atoms with Crippen LogP contribution in [0.15, 0.2) is 54.1 Å². The number of benzene rings is 2. The highest BCUT2D eigenvalue weighted by Gasteiger charge is 2.30. The van der Waals surface area contributed by atoms with Crippen molar-refractivity contribution in [2.75, 3.05) is 12.4 Å². The quantitative estimate of drug-likeness (QED) is 0.665. The van der Waals surface area contributed by atoms with E-state index < -0.39 is 17.6 Å². The molecule has 7 heteroatoms.